The van der Waals surface area contributed by atoms with E-state index in [1.165, 1.54) is 27.2 Å². The third-order valence-electron chi connectivity index (χ3n) is 18.9. The quantitative estimate of drug-likeness (QED) is 0.0884. The first-order chi connectivity index (χ1) is 35.1. The maximum Gasteiger partial charge on any atom is 0.426 e. The van der Waals surface area contributed by atoms with E-state index in [2.05, 4.69) is 4.74 Å². The van der Waals surface area contributed by atoms with Crippen LogP contribution >= 0.6 is 0 Å². The molecule has 9 aliphatic carbocycles. The Bertz CT molecular complexity index is 2000. The molecule has 0 radical (unpaired) electrons. The molecule has 5 unspecified atom stereocenters. The second kappa shape index (κ2) is 21.9. The molecule has 27 heteroatoms. The van der Waals surface area contributed by atoms with Gasteiger partial charge in [0.2, 0.25) is 0 Å². The number of hydrogen-bond donors (Lipinski definition) is 3. The molecule has 0 saturated heterocycles. The Balaban J connectivity index is 0.000000221. The van der Waals surface area contributed by atoms with Crippen molar-refractivity contribution in [2.24, 2.45) is 52.3 Å². The molecule has 9 rings (SSSR count). The van der Waals surface area contributed by atoms with Crippen LogP contribution < -0.4 is 0 Å². The summed E-state index contributed by atoms with van der Waals surface area (Å²) < 4.78 is 260. The highest BCUT2D eigenvalue weighted by molar-refractivity contribution is 5.78. The summed E-state index contributed by atoms with van der Waals surface area (Å²) in [5.74, 6) is -5.76. The lowest BCUT2D eigenvalue weighted by atomic mass is 9.50. The molecule has 0 aromatic carbocycles. The summed E-state index contributed by atoms with van der Waals surface area (Å²) in [6.45, 7) is 7.72. The number of alkyl halides is 18. The predicted molar refractivity (Wildman–Crippen MR) is 239 cm³/mol. The summed E-state index contributed by atoms with van der Waals surface area (Å²) in [7, 11) is 0. The molecule has 0 aromatic rings. The largest absolute Gasteiger partial charge is 0.458 e. The Morgan fingerprint density at radius 3 is 1.28 bits per heavy atom. The fourth-order valence-electron chi connectivity index (χ4n) is 14.2. The first kappa shape index (κ1) is 66.3. The van der Waals surface area contributed by atoms with Crippen LogP contribution in [-0.4, -0.2) is 117 Å². The van der Waals surface area contributed by atoms with E-state index in [-0.39, 0.29) is 43.4 Å². The van der Waals surface area contributed by atoms with Crippen LogP contribution in [0.2, 0.25) is 0 Å². The number of ether oxygens (including phenoxy) is 4. The molecule has 9 aliphatic rings. The fourth-order valence-corrected chi connectivity index (χ4v) is 14.2. The highest BCUT2D eigenvalue weighted by Crippen LogP contribution is 2.63. The summed E-state index contributed by atoms with van der Waals surface area (Å²) in [5, 5.41) is 30.6. The lowest BCUT2D eigenvalue weighted by Crippen LogP contribution is -2.67. The van der Waals surface area contributed by atoms with Crippen LogP contribution in [0.15, 0.2) is 0 Å². The molecule has 0 aliphatic heterocycles. The topological polar surface area (TPSA) is 132 Å². The van der Waals surface area contributed by atoms with E-state index >= 15 is 0 Å². The van der Waals surface area contributed by atoms with E-state index in [1.807, 2.05) is 6.92 Å². The standard InChI is InChI=1S/C18H24F12O3.C17H25F3O2.C16H23F3O4/c1-3-10(2)32-8-9-33-14(17(25,26)27,18(28,29)30)12-6-4-11(5-7-12)13(31,15(19,20)21)16(22,23)24;1-4-15(2,17(18,19)20)14(21)22-16(3)12-6-10-5-11(8-12)9-13(16)7-10;1-3-12(2,16(17,18)19)11(20)23-15-6-10-4-13(21,8-15)7-14(22,5-10)9-15/h10-12,31H,3-9H2,1-2H3;10-13H,4-9H2,1-3H3;10,21-22H,3-9H2,1-2H3. The fraction of sp³-hybridized carbons (Fsp3) is 0.961. The van der Waals surface area contributed by atoms with Crippen LogP contribution in [0.4, 0.5) is 79.0 Å². The third kappa shape index (κ3) is 12.4. The van der Waals surface area contributed by atoms with Gasteiger partial charge in [-0.2, -0.15) is 79.0 Å². The van der Waals surface area contributed by atoms with Crippen molar-refractivity contribution in [2.45, 2.75) is 241 Å². The van der Waals surface area contributed by atoms with E-state index in [0.717, 1.165) is 39.5 Å². The molecule has 0 heterocycles. The normalized spacial score (nSPS) is 35.1. The molecule has 78 heavy (non-hydrogen) atoms. The van der Waals surface area contributed by atoms with Gasteiger partial charge in [0.25, 0.3) is 11.2 Å². The van der Waals surface area contributed by atoms with Gasteiger partial charge in [0, 0.05) is 31.1 Å². The van der Waals surface area contributed by atoms with Crippen molar-refractivity contribution in [1.82, 2.24) is 0 Å². The zero-order valence-electron chi connectivity index (χ0n) is 44.4. The van der Waals surface area contributed by atoms with Gasteiger partial charge in [-0.3, -0.25) is 9.59 Å². The van der Waals surface area contributed by atoms with E-state index < -0.39 is 157 Å². The highest BCUT2D eigenvalue weighted by atomic mass is 19.4. The number of aliphatic hydroxyl groups is 3. The van der Waals surface area contributed by atoms with E-state index in [0.29, 0.717) is 37.5 Å². The molecule has 9 fully saturated rings. The summed E-state index contributed by atoms with van der Waals surface area (Å²) in [6, 6.07) is 0. The molecule has 9 nitrogen and oxygen atoms in total. The van der Waals surface area contributed by atoms with Crippen molar-refractivity contribution in [3.05, 3.63) is 0 Å². The summed E-state index contributed by atoms with van der Waals surface area (Å²) in [5.41, 5.74) is -19.2. The van der Waals surface area contributed by atoms with Gasteiger partial charge in [-0.15, -0.1) is 0 Å². The molecule has 0 spiro atoms. The molecule has 8 bridgehead atoms. The number of esters is 2. The van der Waals surface area contributed by atoms with Crippen LogP contribution in [-0.2, 0) is 28.5 Å². The van der Waals surface area contributed by atoms with Gasteiger partial charge in [-0.25, -0.2) is 0 Å². The van der Waals surface area contributed by atoms with Crippen molar-refractivity contribution in [2.75, 3.05) is 13.2 Å². The second-order valence-corrected chi connectivity index (χ2v) is 24.3. The third-order valence-corrected chi connectivity index (χ3v) is 18.9. The van der Waals surface area contributed by atoms with Crippen LogP contribution in [0.5, 0.6) is 0 Å². The maximum atomic E-state index is 13.7. The summed E-state index contributed by atoms with van der Waals surface area (Å²) >= 11 is 0. The van der Waals surface area contributed by atoms with Crippen LogP contribution in [0.3, 0.4) is 0 Å². The van der Waals surface area contributed by atoms with Gasteiger partial charge in [-0.1, -0.05) is 20.8 Å². The lowest BCUT2D eigenvalue weighted by molar-refractivity contribution is -0.407. The van der Waals surface area contributed by atoms with E-state index in [1.54, 1.807) is 6.92 Å². The first-order valence-electron chi connectivity index (χ1n) is 26.4. The zero-order chi connectivity index (χ0) is 59.7. The minimum absolute atomic E-state index is 0.0205. The average Bonchev–Trinajstić information content (AvgIpc) is 3.26. The SMILES string of the molecule is CCC(C)(C(=O)OC1(C)C2CC3CC(C2)CC1C3)C(F)(F)F.CCC(C)(C(=O)OC12CC3CC(O)(CC(O)(C3)C1)C2)C(F)(F)F.CCC(C)OCCOC(C1CCC(C(O)(C(F)(F)F)C(F)(F)F)CC1)(C(F)(F)F)C(F)(F)F. The van der Waals surface area contributed by atoms with Crippen molar-refractivity contribution in [3.63, 3.8) is 0 Å². The first-order valence-corrected chi connectivity index (χ1v) is 26.4. The Morgan fingerprint density at radius 2 is 0.936 bits per heavy atom. The van der Waals surface area contributed by atoms with Gasteiger partial charge >= 0.3 is 49.0 Å². The minimum atomic E-state index is -6.24. The van der Waals surface area contributed by atoms with Crippen LogP contribution in [0.1, 0.15) is 164 Å². The number of hydrogen-bond acceptors (Lipinski definition) is 9. The molecule has 456 valence electrons. The molecule has 3 N–H and O–H groups in total. The lowest BCUT2D eigenvalue weighted by Gasteiger charge is -2.62. The monoisotopic (exact) mass is 1170 g/mol. The number of halogens is 18. The predicted octanol–water partition coefficient (Wildman–Crippen LogP) is 13.8. The van der Waals surface area contributed by atoms with Gasteiger partial charge in [0.15, 0.2) is 10.8 Å². The van der Waals surface area contributed by atoms with Crippen molar-refractivity contribution < 1.29 is 123 Å². The Hall–Kier alpha value is -2.52. The number of rotatable bonds is 14. The molecule has 9 saturated carbocycles. The highest BCUT2D eigenvalue weighted by Gasteiger charge is 2.78. The Labute approximate surface area is 440 Å². The molecular weight excluding hydrogens is 1100 g/mol. The Morgan fingerprint density at radius 1 is 0.538 bits per heavy atom. The number of carbonyl (C=O) groups excluding carboxylic acids is 2. The van der Waals surface area contributed by atoms with Crippen LogP contribution in [0, 0.1) is 52.3 Å². The summed E-state index contributed by atoms with van der Waals surface area (Å²) in [6.07, 6.45) is -33.0. The number of carbonyl (C=O) groups is 2. The zero-order valence-corrected chi connectivity index (χ0v) is 44.4. The van der Waals surface area contributed by atoms with Gasteiger partial charge in [0.1, 0.15) is 11.2 Å². The van der Waals surface area contributed by atoms with Crippen molar-refractivity contribution in [1.29, 1.82) is 0 Å². The van der Waals surface area contributed by atoms with Gasteiger partial charge in [-0.05, 0) is 154 Å². The summed E-state index contributed by atoms with van der Waals surface area (Å²) in [4.78, 5) is 24.7. The molecule has 0 amide bonds. The smallest absolute Gasteiger partial charge is 0.426 e. The maximum absolute atomic E-state index is 13.7. The molecule has 0 aromatic heterocycles. The van der Waals surface area contributed by atoms with E-state index in [9.17, 15) is 104 Å². The molecule has 5 atom stereocenters. The molecular formula is C51H72F18O9. The van der Waals surface area contributed by atoms with Crippen molar-refractivity contribution in [3.8, 4) is 0 Å². The Kier molecular flexibility index (Phi) is 18.6. The van der Waals surface area contributed by atoms with Crippen LogP contribution in [0.25, 0.3) is 0 Å². The minimum Gasteiger partial charge on any atom is -0.458 e. The van der Waals surface area contributed by atoms with E-state index in [4.69, 9.17) is 14.2 Å². The average molecular weight is 1170 g/mol. The van der Waals surface area contributed by atoms with Gasteiger partial charge in [0.05, 0.1) is 30.5 Å². The van der Waals surface area contributed by atoms with Crippen molar-refractivity contribution >= 4 is 11.9 Å². The van der Waals surface area contributed by atoms with Gasteiger partial charge < -0.3 is 34.3 Å². The second-order valence-electron chi connectivity index (χ2n) is 24.3.